The van der Waals surface area contributed by atoms with Crippen molar-refractivity contribution in [3.8, 4) is 22.8 Å². The zero-order valence-corrected chi connectivity index (χ0v) is 16.3. The predicted molar refractivity (Wildman–Crippen MR) is 105 cm³/mol. The zero-order chi connectivity index (χ0) is 20.3. The summed E-state index contributed by atoms with van der Waals surface area (Å²) in [5, 5.41) is 4.81. The van der Waals surface area contributed by atoms with Crippen LogP contribution in [0.2, 0.25) is 0 Å². The molecule has 0 spiro atoms. The zero-order valence-electron chi connectivity index (χ0n) is 15.5. The van der Waals surface area contributed by atoms with E-state index in [1.807, 2.05) is 31.4 Å². The number of hydrogen-bond donors (Lipinski definition) is 1. The highest BCUT2D eigenvalue weighted by atomic mass is 32.1. The number of para-hydroxylation sites is 1. The fourth-order valence-corrected chi connectivity index (χ4v) is 3.49. The molecule has 0 fully saturated rings. The molecule has 146 valence electrons. The maximum atomic E-state index is 12.7. The molecular formula is C20H18F2N2O3S. The van der Waals surface area contributed by atoms with Gasteiger partial charge in [-0.25, -0.2) is 4.98 Å². The van der Waals surface area contributed by atoms with Crippen LogP contribution in [0.3, 0.4) is 0 Å². The van der Waals surface area contributed by atoms with E-state index >= 15 is 0 Å². The standard InChI is InChI=1S/C20H18F2N2O3S/c1-11-7-8-13(12(2)9-11)15-10-28-20(23-15)24-18(25)14-5-4-6-16(26-3)17(14)27-19(21)22/h4-10,19H,1-3H3,(H,23,24,25). The highest BCUT2D eigenvalue weighted by Gasteiger charge is 2.21. The van der Waals surface area contributed by atoms with Crippen molar-refractivity contribution in [2.75, 3.05) is 12.4 Å². The van der Waals surface area contributed by atoms with Crippen LogP contribution in [0.1, 0.15) is 21.5 Å². The number of carbonyl (C=O) groups is 1. The Labute approximate surface area is 164 Å². The first-order valence-electron chi connectivity index (χ1n) is 8.35. The van der Waals surface area contributed by atoms with E-state index in [1.165, 1.54) is 36.6 Å². The van der Waals surface area contributed by atoms with Crippen LogP contribution in [0.25, 0.3) is 11.3 Å². The van der Waals surface area contributed by atoms with Gasteiger partial charge in [0.2, 0.25) is 0 Å². The van der Waals surface area contributed by atoms with Crippen LogP contribution < -0.4 is 14.8 Å². The molecule has 0 aliphatic heterocycles. The Morgan fingerprint density at radius 3 is 2.68 bits per heavy atom. The van der Waals surface area contributed by atoms with Crippen LogP contribution in [-0.4, -0.2) is 24.6 Å². The van der Waals surface area contributed by atoms with Crippen molar-refractivity contribution in [2.45, 2.75) is 20.5 Å². The number of aromatic nitrogens is 1. The fraction of sp³-hybridized carbons (Fsp3) is 0.200. The average Bonchev–Trinajstić information content (AvgIpc) is 3.09. The highest BCUT2D eigenvalue weighted by molar-refractivity contribution is 7.14. The third-order valence-electron chi connectivity index (χ3n) is 4.03. The number of methoxy groups -OCH3 is 1. The number of amides is 1. The second kappa shape index (κ2) is 8.35. The van der Waals surface area contributed by atoms with Crippen LogP contribution in [-0.2, 0) is 0 Å². The van der Waals surface area contributed by atoms with Crippen LogP contribution in [0.15, 0.2) is 41.8 Å². The number of carbonyl (C=O) groups excluding carboxylic acids is 1. The molecule has 0 saturated carbocycles. The molecule has 0 radical (unpaired) electrons. The molecule has 1 aromatic heterocycles. The molecule has 0 bridgehead atoms. The van der Waals surface area contributed by atoms with Gasteiger partial charge < -0.3 is 9.47 Å². The van der Waals surface area contributed by atoms with Crippen molar-refractivity contribution < 1.29 is 23.0 Å². The molecule has 0 aliphatic rings. The number of nitrogens with one attached hydrogen (secondary N) is 1. The molecule has 2 aromatic carbocycles. The van der Waals surface area contributed by atoms with Gasteiger partial charge >= 0.3 is 6.61 Å². The molecule has 1 heterocycles. The molecule has 5 nitrogen and oxygen atoms in total. The molecule has 0 unspecified atom stereocenters. The second-order valence-electron chi connectivity index (χ2n) is 6.03. The smallest absolute Gasteiger partial charge is 0.387 e. The molecule has 0 saturated heterocycles. The lowest BCUT2D eigenvalue weighted by Crippen LogP contribution is -2.15. The lowest BCUT2D eigenvalue weighted by atomic mass is 10.0. The third-order valence-corrected chi connectivity index (χ3v) is 4.79. The van der Waals surface area contributed by atoms with Crippen molar-refractivity contribution in [1.82, 2.24) is 4.98 Å². The van der Waals surface area contributed by atoms with Gasteiger partial charge in [0, 0.05) is 10.9 Å². The molecule has 1 amide bonds. The number of ether oxygens (including phenoxy) is 2. The van der Waals surface area contributed by atoms with Gasteiger partial charge in [-0.1, -0.05) is 29.8 Å². The van der Waals surface area contributed by atoms with E-state index in [-0.39, 0.29) is 17.1 Å². The summed E-state index contributed by atoms with van der Waals surface area (Å²) in [7, 11) is 1.31. The Morgan fingerprint density at radius 2 is 2.00 bits per heavy atom. The highest BCUT2D eigenvalue weighted by Crippen LogP contribution is 2.34. The SMILES string of the molecule is COc1cccc(C(=O)Nc2nc(-c3ccc(C)cc3C)cs2)c1OC(F)F. The summed E-state index contributed by atoms with van der Waals surface area (Å²) in [4.78, 5) is 17.1. The maximum Gasteiger partial charge on any atom is 0.387 e. The summed E-state index contributed by atoms with van der Waals surface area (Å²) >= 11 is 1.25. The summed E-state index contributed by atoms with van der Waals surface area (Å²) in [5.41, 5.74) is 3.85. The van der Waals surface area contributed by atoms with Crippen molar-refractivity contribution in [1.29, 1.82) is 0 Å². The normalized spacial score (nSPS) is 10.8. The van der Waals surface area contributed by atoms with Gasteiger partial charge in [-0.05, 0) is 31.5 Å². The minimum atomic E-state index is -3.08. The van der Waals surface area contributed by atoms with Crippen molar-refractivity contribution in [3.63, 3.8) is 0 Å². The van der Waals surface area contributed by atoms with E-state index in [2.05, 4.69) is 21.1 Å². The number of nitrogens with zero attached hydrogens (tertiary/aromatic N) is 1. The minimum Gasteiger partial charge on any atom is -0.493 e. The quantitative estimate of drug-likeness (QED) is 0.607. The van der Waals surface area contributed by atoms with E-state index < -0.39 is 12.5 Å². The predicted octanol–water partition coefficient (Wildman–Crippen LogP) is 5.29. The Morgan fingerprint density at radius 1 is 1.21 bits per heavy atom. The lowest BCUT2D eigenvalue weighted by molar-refractivity contribution is -0.0515. The minimum absolute atomic E-state index is 0.0445. The van der Waals surface area contributed by atoms with Crippen LogP contribution in [0.4, 0.5) is 13.9 Å². The van der Waals surface area contributed by atoms with Crippen LogP contribution >= 0.6 is 11.3 Å². The van der Waals surface area contributed by atoms with Gasteiger partial charge in [0.1, 0.15) is 0 Å². The van der Waals surface area contributed by atoms with E-state index in [1.54, 1.807) is 0 Å². The Bertz CT molecular complexity index is 1000. The van der Waals surface area contributed by atoms with Crippen molar-refractivity contribution >= 4 is 22.4 Å². The molecule has 0 atom stereocenters. The van der Waals surface area contributed by atoms with E-state index in [9.17, 15) is 13.6 Å². The molecule has 8 heteroatoms. The molecule has 3 rings (SSSR count). The van der Waals surface area contributed by atoms with Gasteiger partial charge in [-0.2, -0.15) is 8.78 Å². The number of alkyl halides is 2. The topological polar surface area (TPSA) is 60.5 Å². The van der Waals surface area contributed by atoms with E-state index in [0.29, 0.717) is 5.13 Å². The van der Waals surface area contributed by atoms with E-state index in [0.717, 1.165) is 22.4 Å². The average molecular weight is 404 g/mol. The van der Waals surface area contributed by atoms with Gasteiger partial charge in [0.15, 0.2) is 16.6 Å². The summed E-state index contributed by atoms with van der Waals surface area (Å²) in [6.45, 7) is 0.916. The second-order valence-corrected chi connectivity index (χ2v) is 6.88. The van der Waals surface area contributed by atoms with Crippen LogP contribution in [0.5, 0.6) is 11.5 Å². The monoisotopic (exact) mass is 404 g/mol. The first kappa shape index (κ1) is 19.8. The molecule has 3 aromatic rings. The summed E-state index contributed by atoms with van der Waals surface area (Å²) in [6.07, 6.45) is 0. The summed E-state index contributed by atoms with van der Waals surface area (Å²) in [6, 6.07) is 10.4. The third kappa shape index (κ3) is 4.28. The number of rotatable bonds is 6. The number of thiazole rings is 1. The Balaban J connectivity index is 1.85. The maximum absolute atomic E-state index is 12.7. The van der Waals surface area contributed by atoms with Gasteiger partial charge in [-0.3, -0.25) is 10.1 Å². The molecule has 0 aliphatic carbocycles. The summed E-state index contributed by atoms with van der Waals surface area (Å²) in [5.74, 6) is -0.886. The Hall–Kier alpha value is -3.00. The van der Waals surface area contributed by atoms with Crippen molar-refractivity contribution in [3.05, 3.63) is 58.5 Å². The number of halogens is 2. The Kier molecular flexibility index (Phi) is 5.89. The van der Waals surface area contributed by atoms with Gasteiger partial charge in [-0.15, -0.1) is 11.3 Å². The first-order valence-corrected chi connectivity index (χ1v) is 9.23. The first-order chi connectivity index (χ1) is 13.4. The fourth-order valence-electron chi connectivity index (χ4n) is 2.79. The number of benzene rings is 2. The number of aryl methyl sites for hydroxylation is 2. The van der Waals surface area contributed by atoms with Crippen LogP contribution in [0, 0.1) is 13.8 Å². The lowest BCUT2D eigenvalue weighted by Gasteiger charge is -2.13. The number of hydrogen-bond acceptors (Lipinski definition) is 5. The number of anilines is 1. The van der Waals surface area contributed by atoms with Crippen molar-refractivity contribution in [2.24, 2.45) is 0 Å². The molecule has 28 heavy (non-hydrogen) atoms. The molecular weight excluding hydrogens is 386 g/mol. The summed E-state index contributed by atoms with van der Waals surface area (Å²) < 4.78 is 35.0. The van der Waals surface area contributed by atoms with Gasteiger partial charge in [0.05, 0.1) is 18.4 Å². The van der Waals surface area contributed by atoms with E-state index in [4.69, 9.17) is 4.74 Å². The van der Waals surface area contributed by atoms with Gasteiger partial charge in [0.25, 0.3) is 5.91 Å². The molecule has 1 N–H and O–H groups in total. The largest absolute Gasteiger partial charge is 0.493 e.